The number of alkyl halides is 2. The number of alkyl carbamates (subject to hydrolysis) is 1. The molecule has 1 unspecified atom stereocenters. The molecule has 1 saturated carbocycles. The zero-order valence-corrected chi connectivity index (χ0v) is 18.4. The summed E-state index contributed by atoms with van der Waals surface area (Å²) in [4.78, 5) is 35.2. The minimum atomic E-state index is -2.95. The molecule has 1 fully saturated rings. The van der Waals surface area contributed by atoms with Crippen LogP contribution in [0, 0.1) is 5.92 Å². The van der Waals surface area contributed by atoms with E-state index in [1.54, 1.807) is 0 Å². The van der Waals surface area contributed by atoms with Gasteiger partial charge in [0.2, 0.25) is 5.91 Å². The third kappa shape index (κ3) is 5.35. The van der Waals surface area contributed by atoms with Gasteiger partial charge in [-0.3, -0.25) is 9.59 Å². The molecule has 0 bridgehead atoms. The molecule has 4 rings (SSSR count). The van der Waals surface area contributed by atoms with Crippen LogP contribution in [0.1, 0.15) is 42.7 Å². The number of hydrogen-bond donors (Lipinski definition) is 3. The molecule has 7 nitrogen and oxygen atoms in total. The van der Waals surface area contributed by atoms with Crippen LogP contribution < -0.4 is 10.6 Å². The lowest BCUT2D eigenvalue weighted by atomic mass is 9.78. The number of carboxylic acid groups (broad SMARTS) is 1. The highest BCUT2D eigenvalue weighted by atomic mass is 19.3. The van der Waals surface area contributed by atoms with Crippen molar-refractivity contribution < 1.29 is 33.0 Å². The average molecular weight is 472 g/mol. The Hall–Kier alpha value is -3.49. The van der Waals surface area contributed by atoms with Gasteiger partial charge < -0.3 is 20.5 Å². The number of benzene rings is 2. The van der Waals surface area contributed by atoms with E-state index >= 15 is 0 Å². The van der Waals surface area contributed by atoms with Crippen molar-refractivity contribution in [3.05, 3.63) is 59.7 Å². The topological polar surface area (TPSA) is 105 Å². The third-order valence-corrected chi connectivity index (χ3v) is 6.42. The number of nitrogens with one attached hydrogen (secondary N) is 2. The molecule has 0 spiro atoms. The van der Waals surface area contributed by atoms with Gasteiger partial charge in [0.15, 0.2) is 0 Å². The molecule has 2 aromatic carbocycles. The Labute approximate surface area is 195 Å². The summed E-state index contributed by atoms with van der Waals surface area (Å²) in [6.45, 7) is -0.0188. The van der Waals surface area contributed by atoms with Crippen LogP contribution >= 0.6 is 0 Å². The first kappa shape index (κ1) is 23.7. The molecule has 2 aromatic rings. The first-order chi connectivity index (χ1) is 16.3. The lowest BCUT2D eigenvalue weighted by Gasteiger charge is -2.35. The highest BCUT2D eigenvalue weighted by Crippen LogP contribution is 2.44. The van der Waals surface area contributed by atoms with Gasteiger partial charge in [-0.25, -0.2) is 13.6 Å². The van der Waals surface area contributed by atoms with Gasteiger partial charge in [0.25, 0.3) is 6.43 Å². The fourth-order valence-corrected chi connectivity index (χ4v) is 4.75. The van der Waals surface area contributed by atoms with E-state index in [1.165, 1.54) is 0 Å². The molecule has 0 heterocycles. The van der Waals surface area contributed by atoms with E-state index in [9.17, 15) is 23.2 Å². The Balaban J connectivity index is 1.28. The number of ether oxygens (including phenoxy) is 1. The van der Waals surface area contributed by atoms with Crippen molar-refractivity contribution in [1.29, 1.82) is 0 Å². The SMILES string of the molecule is O=C(O)CC1CC(NC(=O)CC(NC(=O)OCC2c3ccccc3-c3ccccc32)C(F)F)C1. The van der Waals surface area contributed by atoms with E-state index in [4.69, 9.17) is 9.84 Å². The van der Waals surface area contributed by atoms with E-state index in [-0.39, 0.29) is 30.9 Å². The normalized spacial score (nSPS) is 19.5. The highest BCUT2D eigenvalue weighted by molar-refractivity contribution is 5.80. The van der Waals surface area contributed by atoms with E-state index in [0.29, 0.717) is 12.8 Å². The number of carbonyl (C=O) groups excluding carboxylic acids is 2. The summed E-state index contributed by atoms with van der Waals surface area (Å²) >= 11 is 0. The zero-order valence-electron chi connectivity index (χ0n) is 18.4. The number of hydrogen-bond acceptors (Lipinski definition) is 4. The van der Waals surface area contributed by atoms with Gasteiger partial charge in [-0.1, -0.05) is 48.5 Å². The molecule has 34 heavy (non-hydrogen) atoms. The molecule has 0 aliphatic heterocycles. The maximum absolute atomic E-state index is 13.5. The predicted molar refractivity (Wildman–Crippen MR) is 120 cm³/mol. The molecule has 9 heteroatoms. The van der Waals surface area contributed by atoms with E-state index in [1.807, 2.05) is 48.5 Å². The second-order valence-corrected chi connectivity index (χ2v) is 8.81. The van der Waals surface area contributed by atoms with Crippen molar-refractivity contribution in [3.63, 3.8) is 0 Å². The van der Waals surface area contributed by atoms with Gasteiger partial charge in [0.1, 0.15) is 12.6 Å². The lowest BCUT2D eigenvalue weighted by Crippen LogP contribution is -2.48. The summed E-state index contributed by atoms with van der Waals surface area (Å²) in [6, 6.07) is 13.6. The van der Waals surface area contributed by atoms with Crippen LogP contribution in [0.25, 0.3) is 11.1 Å². The van der Waals surface area contributed by atoms with E-state index in [0.717, 1.165) is 22.3 Å². The number of carbonyl (C=O) groups is 3. The second-order valence-electron chi connectivity index (χ2n) is 8.81. The van der Waals surface area contributed by atoms with Crippen molar-refractivity contribution >= 4 is 18.0 Å². The lowest BCUT2D eigenvalue weighted by molar-refractivity contribution is -0.139. The Bertz CT molecular complexity index is 1030. The van der Waals surface area contributed by atoms with Crippen LogP contribution in [-0.2, 0) is 14.3 Å². The number of carboxylic acids is 1. The number of amides is 2. The summed E-state index contributed by atoms with van der Waals surface area (Å²) in [7, 11) is 0. The second kappa shape index (κ2) is 10.2. The molecule has 2 amide bonds. The standard InChI is InChI=1S/C25H26F2N2O5/c26-24(27)21(12-22(30)28-15-9-14(10-15)11-23(31)32)29-25(33)34-13-20-18-7-3-1-5-16(18)17-6-2-4-8-19(17)20/h1-8,14-15,20-21,24H,9-13H2,(H,28,30)(H,29,33)(H,31,32). The Kier molecular flexibility index (Phi) is 7.09. The fraction of sp³-hybridized carbons (Fsp3) is 0.400. The Morgan fingerprint density at radius 2 is 1.59 bits per heavy atom. The van der Waals surface area contributed by atoms with Crippen molar-refractivity contribution in [2.45, 2.75) is 50.1 Å². The molecule has 3 N–H and O–H groups in total. The average Bonchev–Trinajstić information content (AvgIpc) is 3.09. The molecular weight excluding hydrogens is 446 g/mol. The number of rotatable bonds is 9. The maximum atomic E-state index is 13.5. The molecule has 1 atom stereocenters. The minimum absolute atomic E-state index is 0.0188. The monoisotopic (exact) mass is 472 g/mol. The van der Waals surface area contributed by atoms with Crippen LogP contribution in [0.2, 0.25) is 0 Å². The van der Waals surface area contributed by atoms with Crippen molar-refractivity contribution in [3.8, 4) is 11.1 Å². The van der Waals surface area contributed by atoms with Gasteiger partial charge in [-0.15, -0.1) is 0 Å². The Morgan fingerprint density at radius 3 is 2.15 bits per heavy atom. The van der Waals surface area contributed by atoms with Gasteiger partial charge in [0.05, 0.1) is 6.42 Å². The molecule has 0 radical (unpaired) electrons. The minimum Gasteiger partial charge on any atom is -0.481 e. The molecule has 2 aliphatic rings. The van der Waals surface area contributed by atoms with Crippen LogP contribution in [0.15, 0.2) is 48.5 Å². The maximum Gasteiger partial charge on any atom is 0.407 e. The smallest absolute Gasteiger partial charge is 0.407 e. The van der Waals surface area contributed by atoms with E-state index in [2.05, 4.69) is 10.6 Å². The number of aliphatic carboxylic acids is 1. The summed E-state index contributed by atoms with van der Waals surface area (Å²) in [5.74, 6) is -1.75. The quantitative estimate of drug-likeness (QED) is 0.513. The fourth-order valence-electron chi connectivity index (χ4n) is 4.75. The predicted octanol–water partition coefficient (Wildman–Crippen LogP) is 3.92. The number of fused-ring (bicyclic) bond motifs is 3. The van der Waals surface area contributed by atoms with Gasteiger partial charge in [-0.2, -0.15) is 0 Å². The molecule has 180 valence electrons. The third-order valence-electron chi connectivity index (χ3n) is 6.42. The van der Waals surface area contributed by atoms with E-state index < -0.39 is 36.9 Å². The highest BCUT2D eigenvalue weighted by Gasteiger charge is 2.34. The van der Waals surface area contributed by atoms with Crippen LogP contribution in [0.4, 0.5) is 13.6 Å². The molecular formula is C25H26F2N2O5. The molecule has 0 saturated heterocycles. The van der Waals surface area contributed by atoms with Crippen molar-refractivity contribution in [1.82, 2.24) is 10.6 Å². The van der Waals surface area contributed by atoms with Crippen LogP contribution in [-0.4, -0.2) is 48.2 Å². The summed E-state index contributed by atoms with van der Waals surface area (Å²) in [5, 5.41) is 13.5. The largest absolute Gasteiger partial charge is 0.481 e. The first-order valence-corrected chi connectivity index (χ1v) is 11.2. The molecule has 0 aromatic heterocycles. The van der Waals surface area contributed by atoms with Crippen molar-refractivity contribution in [2.24, 2.45) is 5.92 Å². The Morgan fingerprint density at radius 1 is 1.00 bits per heavy atom. The first-order valence-electron chi connectivity index (χ1n) is 11.2. The molecule has 2 aliphatic carbocycles. The van der Waals surface area contributed by atoms with Crippen LogP contribution in [0.3, 0.4) is 0 Å². The van der Waals surface area contributed by atoms with Crippen LogP contribution in [0.5, 0.6) is 0 Å². The summed E-state index contributed by atoms with van der Waals surface area (Å²) in [6.07, 6.45) is -3.54. The summed E-state index contributed by atoms with van der Waals surface area (Å²) < 4.78 is 32.3. The van der Waals surface area contributed by atoms with Gasteiger partial charge in [-0.05, 0) is 41.0 Å². The number of halogens is 2. The summed E-state index contributed by atoms with van der Waals surface area (Å²) in [5.41, 5.74) is 4.11. The van der Waals surface area contributed by atoms with Gasteiger partial charge in [0, 0.05) is 18.4 Å². The zero-order chi connectivity index (χ0) is 24.2. The van der Waals surface area contributed by atoms with Gasteiger partial charge >= 0.3 is 12.1 Å². The van der Waals surface area contributed by atoms with Crippen molar-refractivity contribution in [2.75, 3.05) is 6.61 Å².